The first-order valence-electron chi connectivity index (χ1n) is 7.63. The molecule has 22 heavy (non-hydrogen) atoms. The first-order chi connectivity index (χ1) is 10.7. The third-order valence-electron chi connectivity index (χ3n) is 3.25. The van der Waals surface area contributed by atoms with Gasteiger partial charge >= 0.3 is 0 Å². The molecule has 0 aliphatic rings. The van der Waals surface area contributed by atoms with E-state index in [1.54, 1.807) is 6.20 Å². The van der Waals surface area contributed by atoms with Crippen molar-refractivity contribution >= 4 is 17.4 Å². The molecule has 1 aromatic carbocycles. The first-order valence-corrected chi connectivity index (χ1v) is 7.63. The smallest absolute Gasteiger partial charge is 0.275 e. The third-order valence-corrected chi connectivity index (χ3v) is 3.25. The molecule has 2 rings (SSSR count). The number of unbranched alkanes of at least 4 members (excludes halogenated alkanes) is 2. The van der Waals surface area contributed by atoms with Gasteiger partial charge < -0.3 is 10.6 Å². The van der Waals surface area contributed by atoms with Crippen LogP contribution >= 0.6 is 0 Å². The molecule has 5 heteroatoms. The van der Waals surface area contributed by atoms with E-state index in [9.17, 15) is 4.79 Å². The average Bonchev–Trinajstić information content (AvgIpc) is 2.52. The average molecular weight is 298 g/mol. The van der Waals surface area contributed by atoms with E-state index in [0.717, 1.165) is 24.2 Å². The topological polar surface area (TPSA) is 66.9 Å². The highest BCUT2D eigenvalue weighted by molar-refractivity contribution is 6.02. The number of rotatable bonds is 7. The number of benzene rings is 1. The van der Waals surface area contributed by atoms with Crippen molar-refractivity contribution in [2.75, 3.05) is 17.2 Å². The Morgan fingerprint density at radius 1 is 1.18 bits per heavy atom. The van der Waals surface area contributed by atoms with Gasteiger partial charge in [0.25, 0.3) is 5.91 Å². The Labute approximate surface area is 131 Å². The number of carbonyl (C=O) groups excluding carboxylic acids is 1. The predicted octanol–water partition coefficient (Wildman–Crippen LogP) is 3.64. The molecule has 116 valence electrons. The van der Waals surface area contributed by atoms with Crippen molar-refractivity contribution < 1.29 is 4.79 Å². The van der Waals surface area contributed by atoms with Crippen LogP contribution in [0.25, 0.3) is 0 Å². The fraction of sp³-hybridized carbons (Fsp3) is 0.353. The molecule has 0 bridgehead atoms. The van der Waals surface area contributed by atoms with E-state index in [1.165, 1.54) is 19.0 Å². The van der Waals surface area contributed by atoms with Gasteiger partial charge in [0.15, 0.2) is 0 Å². The van der Waals surface area contributed by atoms with Gasteiger partial charge in [-0.15, -0.1) is 0 Å². The number of hydrogen-bond acceptors (Lipinski definition) is 4. The van der Waals surface area contributed by atoms with Crippen LogP contribution in [0.3, 0.4) is 0 Å². The summed E-state index contributed by atoms with van der Waals surface area (Å²) in [6, 6.07) is 7.64. The molecule has 2 aromatic rings. The zero-order valence-electron chi connectivity index (χ0n) is 13.1. The molecular formula is C17H22N4O. The molecule has 0 aliphatic heterocycles. The first kappa shape index (κ1) is 15.9. The van der Waals surface area contributed by atoms with Crippen LogP contribution in [0.4, 0.5) is 11.5 Å². The van der Waals surface area contributed by atoms with Crippen LogP contribution in [0.15, 0.2) is 36.7 Å². The normalized spacial score (nSPS) is 10.3. The fourth-order valence-electron chi connectivity index (χ4n) is 2.05. The van der Waals surface area contributed by atoms with Crippen molar-refractivity contribution in [1.29, 1.82) is 0 Å². The van der Waals surface area contributed by atoms with Gasteiger partial charge in [-0.3, -0.25) is 4.79 Å². The Morgan fingerprint density at radius 3 is 2.73 bits per heavy atom. The Kier molecular flexibility index (Phi) is 5.89. The molecule has 0 radical (unpaired) electrons. The number of nitrogens with one attached hydrogen (secondary N) is 2. The lowest BCUT2D eigenvalue weighted by Crippen LogP contribution is -2.14. The minimum atomic E-state index is -0.254. The molecule has 1 heterocycles. The lowest BCUT2D eigenvalue weighted by molar-refractivity contribution is 0.102. The Bertz CT molecular complexity index is 610. The molecule has 0 saturated heterocycles. The third kappa shape index (κ3) is 4.84. The molecule has 0 unspecified atom stereocenters. The second-order valence-electron chi connectivity index (χ2n) is 5.24. The zero-order valence-corrected chi connectivity index (χ0v) is 13.1. The Hall–Kier alpha value is -2.43. The number of nitrogens with zero attached hydrogens (tertiary/aromatic N) is 2. The molecule has 1 aromatic heterocycles. The van der Waals surface area contributed by atoms with E-state index < -0.39 is 0 Å². The van der Waals surface area contributed by atoms with Crippen LogP contribution in [0, 0.1) is 6.92 Å². The maximum atomic E-state index is 12.1. The van der Waals surface area contributed by atoms with Crippen LogP contribution < -0.4 is 10.6 Å². The monoisotopic (exact) mass is 298 g/mol. The summed E-state index contributed by atoms with van der Waals surface area (Å²) in [7, 11) is 0. The van der Waals surface area contributed by atoms with Crippen molar-refractivity contribution in [3.05, 3.63) is 47.9 Å². The lowest BCUT2D eigenvalue weighted by atomic mass is 10.2. The fourth-order valence-corrected chi connectivity index (χ4v) is 2.05. The summed E-state index contributed by atoms with van der Waals surface area (Å²) >= 11 is 0. The van der Waals surface area contributed by atoms with E-state index in [4.69, 9.17) is 0 Å². The number of aromatic nitrogens is 2. The molecule has 1 amide bonds. The van der Waals surface area contributed by atoms with Crippen molar-refractivity contribution in [3.8, 4) is 0 Å². The van der Waals surface area contributed by atoms with Crippen molar-refractivity contribution in [2.45, 2.75) is 33.1 Å². The Balaban J connectivity index is 1.90. The summed E-state index contributed by atoms with van der Waals surface area (Å²) in [6.07, 6.45) is 6.57. The van der Waals surface area contributed by atoms with Crippen LogP contribution in [-0.2, 0) is 0 Å². The van der Waals surface area contributed by atoms with Crippen molar-refractivity contribution in [1.82, 2.24) is 9.97 Å². The number of hydrogen-bond donors (Lipinski definition) is 2. The summed E-state index contributed by atoms with van der Waals surface area (Å²) in [4.78, 5) is 20.5. The number of carbonyl (C=O) groups is 1. The number of anilines is 2. The molecule has 0 aliphatic carbocycles. The second kappa shape index (κ2) is 8.12. The van der Waals surface area contributed by atoms with E-state index in [2.05, 4.69) is 27.5 Å². The molecule has 0 atom stereocenters. The van der Waals surface area contributed by atoms with E-state index in [0.29, 0.717) is 11.5 Å². The van der Waals surface area contributed by atoms with Gasteiger partial charge in [0.1, 0.15) is 11.5 Å². The maximum absolute atomic E-state index is 12.1. The van der Waals surface area contributed by atoms with Crippen LogP contribution in [0.2, 0.25) is 0 Å². The predicted molar refractivity (Wildman–Crippen MR) is 89.2 cm³/mol. The summed E-state index contributed by atoms with van der Waals surface area (Å²) in [6.45, 7) is 5.02. The van der Waals surface area contributed by atoms with Crippen LogP contribution in [0.5, 0.6) is 0 Å². The lowest BCUT2D eigenvalue weighted by Gasteiger charge is -2.07. The summed E-state index contributed by atoms with van der Waals surface area (Å²) in [5.74, 6) is 0.443. The summed E-state index contributed by atoms with van der Waals surface area (Å²) < 4.78 is 0. The molecule has 0 fully saturated rings. The highest BCUT2D eigenvalue weighted by Crippen LogP contribution is 2.11. The molecule has 2 N–H and O–H groups in total. The van der Waals surface area contributed by atoms with Crippen molar-refractivity contribution in [3.63, 3.8) is 0 Å². The van der Waals surface area contributed by atoms with Gasteiger partial charge in [-0.1, -0.05) is 31.9 Å². The molecule has 5 nitrogen and oxygen atoms in total. The second-order valence-corrected chi connectivity index (χ2v) is 5.24. The van der Waals surface area contributed by atoms with Gasteiger partial charge in [-0.2, -0.15) is 0 Å². The maximum Gasteiger partial charge on any atom is 0.275 e. The standard InChI is InChI=1S/C17H22N4O/c1-3-4-5-9-18-16-12-19-15(11-20-16)17(22)21-14-8-6-7-13(2)10-14/h6-8,10-12H,3-5,9H2,1-2H3,(H,18,20)(H,21,22). The highest BCUT2D eigenvalue weighted by atomic mass is 16.1. The number of aryl methyl sites for hydroxylation is 1. The summed E-state index contributed by atoms with van der Waals surface area (Å²) in [5, 5.41) is 6.01. The van der Waals surface area contributed by atoms with E-state index >= 15 is 0 Å². The van der Waals surface area contributed by atoms with E-state index in [-0.39, 0.29) is 5.91 Å². The Morgan fingerprint density at radius 2 is 2.05 bits per heavy atom. The zero-order chi connectivity index (χ0) is 15.8. The largest absolute Gasteiger partial charge is 0.369 e. The van der Waals surface area contributed by atoms with Gasteiger partial charge in [0.05, 0.1) is 12.4 Å². The highest BCUT2D eigenvalue weighted by Gasteiger charge is 2.08. The van der Waals surface area contributed by atoms with Gasteiger partial charge in [-0.25, -0.2) is 9.97 Å². The van der Waals surface area contributed by atoms with Crippen molar-refractivity contribution in [2.24, 2.45) is 0 Å². The van der Waals surface area contributed by atoms with Gasteiger partial charge in [0, 0.05) is 12.2 Å². The van der Waals surface area contributed by atoms with Crippen LogP contribution in [-0.4, -0.2) is 22.4 Å². The molecular weight excluding hydrogens is 276 g/mol. The van der Waals surface area contributed by atoms with Gasteiger partial charge in [-0.05, 0) is 31.0 Å². The molecule has 0 spiro atoms. The molecule has 0 saturated carbocycles. The van der Waals surface area contributed by atoms with E-state index in [1.807, 2.05) is 31.2 Å². The number of amides is 1. The van der Waals surface area contributed by atoms with Gasteiger partial charge in [0.2, 0.25) is 0 Å². The SMILES string of the molecule is CCCCCNc1cnc(C(=O)Nc2cccc(C)c2)cn1. The summed E-state index contributed by atoms with van der Waals surface area (Å²) in [5.41, 5.74) is 2.16. The minimum absolute atomic E-state index is 0.254. The van der Waals surface area contributed by atoms with Crippen LogP contribution in [0.1, 0.15) is 42.2 Å². The quantitative estimate of drug-likeness (QED) is 0.766. The minimum Gasteiger partial charge on any atom is -0.369 e.